The van der Waals surface area contributed by atoms with Crippen LogP contribution in [-0.4, -0.2) is 55.6 Å². The number of hydrogen-bond acceptors (Lipinski definition) is 3. The van der Waals surface area contributed by atoms with Gasteiger partial charge in [-0.1, -0.05) is 30.3 Å². The lowest BCUT2D eigenvalue weighted by Gasteiger charge is -2.39. The van der Waals surface area contributed by atoms with Gasteiger partial charge in [-0.05, 0) is 31.9 Å². The number of piperazine rings is 1. The van der Waals surface area contributed by atoms with Crippen molar-refractivity contribution in [2.75, 3.05) is 26.7 Å². The molecule has 0 radical (unpaired) electrons. The van der Waals surface area contributed by atoms with Crippen molar-refractivity contribution in [1.29, 1.82) is 0 Å². The number of rotatable bonds is 4. The predicted octanol–water partition coefficient (Wildman–Crippen LogP) is 1.34. The van der Waals surface area contributed by atoms with E-state index in [1.165, 1.54) is 5.56 Å². The summed E-state index contributed by atoms with van der Waals surface area (Å²) in [5, 5.41) is -0.0942. The third kappa shape index (κ3) is 2.90. The van der Waals surface area contributed by atoms with Gasteiger partial charge in [-0.15, -0.1) is 0 Å². The van der Waals surface area contributed by atoms with Crippen molar-refractivity contribution in [2.45, 2.75) is 30.6 Å². The zero-order valence-corrected chi connectivity index (χ0v) is 12.7. The van der Waals surface area contributed by atoms with E-state index in [-0.39, 0.29) is 11.3 Å². The molecule has 0 unspecified atom stereocenters. The molecule has 1 aliphatic carbocycles. The van der Waals surface area contributed by atoms with E-state index in [0.29, 0.717) is 13.1 Å². The Morgan fingerprint density at radius 2 is 1.85 bits per heavy atom. The molecule has 1 aromatic rings. The number of benzene rings is 1. The molecule has 0 amide bonds. The normalized spacial score (nSPS) is 25.8. The molecule has 20 heavy (non-hydrogen) atoms. The van der Waals surface area contributed by atoms with Gasteiger partial charge < -0.3 is 4.90 Å². The summed E-state index contributed by atoms with van der Waals surface area (Å²) in [6.07, 6.45) is 2.60. The number of likely N-dealkylation sites (N-methyl/N-ethyl adjacent to an activating group) is 1. The van der Waals surface area contributed by atoms with Crippen LogP contribution in [-0.2, 0) is 16.4 Å². The maximum atomic E-state index is 12.4. The average Bonchev–Trinajstić information content (AvgIpc) is 3.27. The fourth-order valence-corrected chi connectivity index (χ4v) is 4.70. The first-order valence-corrected chi connectivity index (χ1v) is 8.81. The van der Waals surface area contributed by atoms with Crippen LogP contribution in [0, 0.1) is 0 Å². The van der Waals surface area contributed by atoms with E-state index in [9.17, 15) is 8.42 Å². The molecule has 0 aromatic heterocycles. The minimum absolute atomic E-state index is 0.0942. The quantitative estimate of drug-likeness (QED) is 0.841. The van der Waals surface area contributed by atoms with Crippen LogP contribution in [0.4, 0.5) is 0 Å². The molecule has 1 atom stereocenters. The highest BCUT2D eigenvalue weighted by molar-refractivity contribution is 7.90. The lowest BCUT2D eigenvalue weighted by atomic mass is 10.0. The molecule has 1 saturated carbocycles. The summed E-state index contributed by atoms with van der Waals surface area (Å²) < 4.78 is 26.4. The first kappa shape index (κ1) is 14.0. The molecule has 1 heterocycles. The molecule has 0 bridgehead atoms. The molecular weight excluding hydrogens is 272 g/mol. The Bertz CT molecular complexity index is 554. The standard InChI is InChI=1S/C15H22N2O2S/c1-16-9-10-17(20(18,19)15-7-8-15)12-14(16)11-13-5-3-2-4-6-13/h2-6,14-15H,7-12H2,1H3/t14-/m0/s1. The third-order valence-electron chi connectivity index (χ3n) is 4.36. The first-order chi connectivity index (χ1) is 9.57. The van der Waals surface area contributed by atoms with Gasteiger partial charge in [0.05, 0.1) is 5.25 Å². The van der Waals surface area contributed by atoms with Crippen molar-refractivity contribution < 1.29 is 8.42 Å². The summed E-state index contributed by atoms with van der Waals surface area (Å²) in [4.78, 5) is 2.28. The second-order valence-electron chi connectivity index (χ2n) is 5.93. The van der Waals surface area contributed by atoms with Crippen molar-refractivity contribution in [1.82, 2.24) is 9.21 Å². The summed E-state index contributed by atoms with van der Waals surface area (Å²) in [5.74, 6) is 0. The summed E-state index contributed by atoms with van der Waals surface area (Å²) >= 11 is 0. The maximum Gasteiger partial charge on any atom is 0.217 e. The van der Waals surface area contributed by atoms with Gasteiger partial charge in [-0.25, -0.2) is 8.42 Å². The van der Waals surface area contributed by atoms with Crippen LogP contribution in [0.15, 0.2) is 30.3 Å². The highest BCUT2D eigenvalue weighted by atomic mass is 32.2. The van der Waals surface area contributed by atoms with Gasteiger partial charge in [0, 0.05) is 25.7 Å². The Hall–Kier alpha value is -0.910. The van der Waals surface area contributed by atoms with Crippen molar-refractivity contribution in [3.05, 3.63) is 35.9 Å². The van der Waals surface area contributed by atoms with Gasteiger partial charge in [0.2, 0.25) is 10.0 Å². The zero-order valence-electron chi connectivity index (χ0n) is 11.9. The molecule has 2 fully saturated rings. The average molecular weight is 294 g/mol. The lowest BCUT2D eigenvalue weighted by Crippen LogP contribution is -2.54. The molecule has 0 N–H and O–H groups in total. The van der Waals surface area contributed by atoms with Crippen LogP contribution in [0.25, 0.3) is 0 Å². The van der Waals surface area contributed by atoms with Crippen LogP contribution >= 0.6 is 0 Å². The summed E-state index contributed by atoms with van der Waals surface area (Å²) in [6, 6.07) is 10.6. The summed E-state index contributed by atoms with van der Waals surface area (Å²) in [5.41, 5.74) is 1.27. The molecule has 1 aliphatic heterocycles. The molecule has 4 nitrogen and oxygen atoms in total. The van der Waals surface area contributed by atoms with Gasteiger partial charge in [0.1, 0.15) is 0 Å². The van der Waals surface area contributed by atoms with Gasteiger partial charge in [-0.3, -0.25) is 0 Å². The van der Waals surface area contributed by atoms with Crippen molar-refractivity contribution in [3.8, 4) is 0 Å². The highest BCUT2D eigenvalue weighted by Gasteiger charge is 2.42. The number of hydrogen-bond donors (Lipinski definition) is 0. The molecule has 110 valence electrons. The van der Waals surface area contributed by atoms with Gasteiger partial charge in [0.15, 0.2) is 0 Å². The van der Waals surface area contributed by atoms with Crippen LogP contribution in [0.1, 0.15) is 18.4 Å². The Labute approximate surface area is 121 Å². The molecule has 3 rings (SSSR count). The topological polar surface area (TPSA) is 40.6 Å². The van der Waals surface area contributed by atoms with E-state index in [0.717, 1.165) is 25.8 Å². The molecular formula is C15H22N2O2S. The van der Waals surface area contributed by atoms with Crippen LogP contribution < -0.4 is 0 Å². The Kier molecular flexibility index (Phi) is 3.84. The van der Waals surface area contributed by atoms with Gasteiger partial charge in [-0.2, -0.15) is 4.31 Å². The molecule has 1 aromatic carbocycles. The van der Waals surface area contributed by atoms with Crippen LogP contribution in [0.3, 0.4) is 0 Å². The Morgan fingerprint density at radius 1 is 1.15 bits per heavy atom. The maximum absolute atomic E-state index is 12.4. The zero-order chi connectivity index (χ0) is 14.2. The van der Waals surface area contributed by atoms with Crippen molar-refractivity contribution in [2.24, 2.45) is 0 Å². The van der Waals surface area contributed by atoms with Crippen molar-refractivity contribution in [3.63, 3.8) is 0 Å². The number of sulfonamides is 1. The fraction of sp³-hybridized carbons (Fsp3) is 0.600. The highest BCUT2D eigenvalue weighted by Crippen LogP contribution is 2.32. The fourth-order valence-electron chi connectivity index (χ4n) is 2.83. The van der Waals surface area contributed by atoms with Gasteiger partial charge >= 0.3 is 0 Å². The van der Waals surface area contributed by atoms with E-state index >= 15 is 0 Å². The Morgan fingerprint density at radius 3 is 2.50 bits per heavy atom. The minimum Gasteiger partial charge on any atom is -0.300 e. The molecule has 5 heteroatoms. The van der Waals surface area contributed by atoms with Crippen LogP contribution in [0.5, 0.6) is 0 Å². The smallest absolute Gasteiger partial charge is 0.217 e. The Balaban J connectivity index is 1.70. The molecule has 0 spiro atoms. The largest absolute Gasteiger partial charge is 0.300 e. The SMILES string of the molecule is CN1CCN(S(=O)(=O)C2CC2)C[C@@H]1Cc1ccccc1. The van der Waals surface area contributed by atoms with E-state index in [1.807, 2.05) is 18.2 Å². The predicted molar refractivity (Wildman–Crippen MR) is 80.1 cm³/mol. The molecule has 1 saturated heterocycles. The van der Waals surface area contributed by atoms with E-state index < -0.39 is 10.0 Å². The van der Waals surface area contributed by atoms with Crippen molar-refractivity contribution >= 4 is 10.0 Å². The summed E-state index contributed by atoms with van der Waals surface area (Å²) in [7, 11) is -0.939. The monoisotopic (exact) mass is 294 g/mol. The minimum atomic E-state index is -3.03. The van der Waals surface area contributed by atoms with E-state index in [4.69, 9.17) is 0 Å². The van der Waals surface area contributed by atoms with E-state index in [1.54, 1.807) is 4.31 Å². The second-order valence-corrected chi connectivity index (χ2v) is 8.14. The van der Waals surface area contributed by atoms with Gasteiger partial charge in [0.25, 0.3) is 0 Å². The molecule has 2 aliphatic rings. The second kappa shape index (κ2) is 5.47. The lowest BCUT2D eigenvalue weighted by molar-refractivity contribution is 0.147. The van der Waals surface area contributed by atoms with E-state index in [2.05, 4.69) is 24.1 Å². The third-order valence-corrected chi connectivity index (χ3v) is 6.72. The van der Waals surface area contributed by atoms with Crippen LogP contribution in [0.2, 0.25) is 0 Å². The summed E-state index contributed by atoms with van der Waals surface area (Å²) in [6.45, 7) is 2.09. The first-order valence-electron chi connectivity index (χ1n) is 7.30. The number of nitrogens with zero attached hydrogens (tertiary/aromatic N) is 2.